The molecule has 0 fully saturated rings. The maximum absolute atomic E-state index is 12.0. The van der Waals surface area contributed by atoms with Crippen molar-refractivity contribution >= 4 is 17.6 Å². The maximum Gasteiger partial charge on any atom is 0.338 e. The molecule has 2 rings (SSSR count). The van der Waals surface area contributed by atoms with Crippen molar-refractivity contribution in [2.24, 2.45) is 0 Å². The second-order valence-electron chi connectivity index (χ2n) is 5.69. The monoisotopic (exact) mass is 404 g/mol. The maximum atomic E-state index is 12.0. The van der Waals surface area contributed by atoms with Crippen molar-refractivity contribution in [3.05, 3.63) is 57.6 Å². The summed E-state index contributed by atoms with van der Waals surface area (Å²) in [5.74, 6) is -0.243. The molecule has 0 radical (unpaired) electrons. The van der Waals surface area contributed by atoms with Crippen molar-refractivity contribution in [3.63, 3.8) is 0 Å². The van der Waals surface area contributed by atoms with Gasteiger partial charge in [0.25, 0.3) is 5.91 Å². The molecule has 0 heterocycles. The molecule has 29 heavy (non-hydrogen) atoms. The largest absolute Gasteiger partial charge is 0.493 e. The lowest BCUT2D eigenvalue weighted by Gasteiger charge is -2.11. The molecule has 0 unspecified atom stereocenters. The Morgan fingerprint density at radius 3 is 2.31 bits per heavy atom. The first-order valence-corrected chi connectivity index (χ1v) is 8.36. The third kappa shape index (κ3) is 5.58. The van der Waals surface area contributed by atoms with Gasteiger partial charge in [-0.25, -0.2) is 4.79 Å². The Balaban J connectivity index is 1.98. The number of ether oxygens (including phenoxy) is 4. The Morgan fingerprint density at radius 1 is 1.00 bits per heavy atom. The molecule has 0 aliphatic rings. The molecule has 10 nitrogen and oxygen atoms in total. The van der Waals surface area contributed by atoms with Gasteiger partial charge in [0.15, 0.2) is 23.9 Å². The van der Waals surface area contributed by atoms with E-state index in [0.29, 0.717) is 11.5 Å². The van der Waals surface area contributed by atoms with Crippen LogP contribution in [0.3, 0.4) is 0 Å². The SMILES string of the molecule is COC(=O)c1ccc(OCC(=O)NCc2ccc(OC)c(OC)c2)c([N+](=O)[O-])c1. The van der Waals surface area contributed by atoms with Gasteiger partial charge < -0.3 is 24.3 Å². The van der Waals surface area contributed by atoms with Crippen molar-refractivity contribution in [1.82, 2.24) is 5.32 Å². The average molecular weight is 404 g/mol. The summed E-state index contributed by atoms with van der Waals surface area (Å²) in [7, 11) is 4.20. The molecule has 1 N–H and O–H groups in total. The van der Waals surface area contributed by atoms with Crippen LogP contribution in [0.1, 0.15) is 15.9 Å². The fourth-order valence-corrected chi connectivity index (χ4v) is 2.41. The number of hydrogen-bond donors (Lipinski definition) is 1. The summed E-state index contributed by atoms with van der Waals surface area (Å²) in [6.07, 6.45) is 0. The van der Waals surface area contributed by atoms with E-state index in [4.69, 9.17) is 14.2 Å². The van der Waals surface area contributed by atoms with Crippen molar-refractivity contribution < 1.29 is 33.5 Å². The number of nitrogens with one attached hydrogen (secondary N) is 1. The molecule has 2 aromatic rings. The third-order valence-corrected chi connectivity index (χ3v) is 3.87. The van der Waals surface area contributed by atoms with Crippen molar-refractivity contribution in [3.8, 4) is 17.2 Å². The zero-order chi connectivity index (χ0) is 21.4. The lowest BCUT2D eigenvalue weighted by molar-refractivity contribution is -0.385. The second kappa shape index (κ2) is 9.93. The summed E-state index contributed by atoms with van der Waals surface area (Å²) in [5.41, 5.74) is 0.328. The summed E-state index contributed by atoms with van der Waals surface area (Å²) in [6.45, 7) is -0.238. The zero-order valence-corrected chi connectivity index (χ0v) is 16.1. The summed E-state index contributed by atoms with van der Waals surface area (Å²) in [6, 6.07) is 8.78. The Labute approximate surface area is 166 Å². The van der Waals surface area contributed by atoms with E-state index < -0.39 is 29.1 Å². The number of nitrogens with zero attached hydrogens (tertiary/aromatic N) is 1. The molecule has 0 aliphatic carbocycles. The molecule has 1 amide bonds. The summed E-state index contributed by atoms with van der Waals surface area (Å²) >= 11 is 0. The highest BCUT2D eigenvalue weighted by Crippen LogP contribution is 2.29. The van der Waals surface area contributed by atoms with Crippen molar-refractivity contribution in [2.45, 2.75) is 6.54 Å². The Kier molecular flexibility index (Phi) is 7.35. The number of esters is 1. The molecule has 0 bridgehead atoms. The molecule has 2 aromatic carbocycles. The molecule has 0 saturated heterocycles. The van der Waals surface area contributed by atoms with Crippen LogP contribution >= 0.6 is 0 Å². The first kappa shape index (κ1) is 21.5. The number of methoxy groups -OCH3 is 3. The van der Waals surface area contributed by atoms with Gasteiger partial charge in [-0.15, -0.1) is 0 Å². The number of hydrogen-bond acceptors (Lipinski definition) is 8. The fraction of sp³-hybridized carbons (Fsp3) is 0.263. The number of amides is 1. The van der Waals surface area contributed by atoms with Crippen molar-refractivity contribution in [2.75, 3.05) is 27.9 Å². The van der Waals surface area contributed by atoms with E-state index in [9.17, 15) is 19.7 Å². The van der Waals surface area contributed by atoms with E-state index >= 15 is 0 Å². The number of nitro benzene ring substituents is 1. The van der Waals surface area contributed by atoms with Gasteiger partial charge in [-0.2, -0.15) is 0 Å². The number of benzene rings is 2. The summed E-state index contributed by atoms with van der Waals surface area (Å²) in [5, 5.41) is 13.8. The number of rotatable bonds is 9. The molecule has 0 spiro atoms. The Hall–Kier alpha value is -3.82. The summed E-state index contributed by atoms with van der Waals surface area (Å²) < 4.78 is 20.1. The minimum absolute atomic E-state index is 0.00412. The predicted octanol–water partition coefficient (Wildman–Crippen LogP) is 2.09. The van der Waals surface area contributed by atoms with E-state index in [1.165, 1.54) is 33.5 Å². The quantitative estimate of drug-likeness (QED) is 0.382. The smallest absolute Gasteiger partial charge is 0.338 e. The minimum atomic E-state index is -0.715. The van der Waals surface area contributed by atoms with Gasteiger partial charge in [0.1, 0.15) is 0 Å². The third-order valence-electron chi connectivity index (χ3n) is 3.87. The first-order chi connectivity index (χ1) is 13.9. The second-order valence-corrected chi connectivity index (χ2v) is 5.69. The standard InChI is InChI=1S/C19H20N2O8/c1-26-16-6-4-12(8-17(16)27-2)10-20-18(22)11-29-15-7-5-13(19(23)28-3)9-14(15)21(24)25/h4-9H,10-11H2,1-3H3,(H,20,22). The lowest BCUT2D eigenvalue weighted by atomic mass is 10.2. The highest BCUT2D eigenvalue weighted by Gasteiger charge is 2.20. The van der Waals surface area contributed by atoms with Crippen LogP contribution in [0.5, 0.6) is 17.2 Å². The normalized spacial score (nSPS) is 10.0. The number of nitro groups is 1. The van der Waals surface area contributed by atoms with E-state index in [0.717, 1.165) is 11.6 Å². The van der Waals surface area contributed by atoms with Crippen LogP contribution in [0.2, 0.25) is 0 Å². The van der Waals surface area contributed by atoms with Crippen LogP contribution in [0.4, 0.5) is 5.69 Å². The highest BCUT2D eigenvalue weighted by molar-refractivity contribution is 5.90. The van der Waals surface area contributed by atoms with E-state index in [-0.39, 0.29) is 17.9 Å². The van der Waals surface area contributed by atoms with Crippen molar-refractivity contribution in [1.29, 1.82) is 0 Å². The van der Waals surface area contributed by atoms with Crippen LogP contribution in [-0.4, -0.2) is 44.7 Å². The zero-order valence-electron chi connectivity index (χ0n) is 16.1. The van der Waals surface area contributed by atoms with Gasteiger partial charge in [0.2, 0.25) is 0 Å². The fourth-order valence-electron chi connectivity index (χ4n) is 2.41. The predicted molar refractivity (Wildman–Crippen MR) is 101 cm³/mol. The molecular formula is C19H20N2O8. The van der Waals surface area contributed by atoms with E-state index in [1.807, 2.05) is 0 Å². The highest BCUT2D eigenvalue weighted by atomic mass is 16.6. The van der Waals surface area contributed by atoms with E-state index in [2.05, 4.69) is 10.1 Å². The van der Waals surface area contributed by atoms with Crippen LogP contribution in [0.25, 0.3) is 0 Å². The molecular weight excluding hydrogens is 384 g/mol. The lowest BCUT2D eigenvalue weighted by Crippen LogP contribution is -2.28. The number of carbonyl (C=O) groups is 2. The molecule has 0 saturated carbocycles. The van der Waals surface area contributed by atoms with Gasteiger partial charge in [0.05, 0.1) is 31.8 Å². The van der Waals surface area contributed by atoms with Gasteiger partial charge in [-0.1, -0.05) is 6.07 Å². The Bertz CT molecular complexity index is 913. The minimum Gasteiger partial charge on any atom is -0.493 e. The first-order valence-electron chi connectivity index (χ1n) is 8.36. The van der Waals surface area contributed by atoms with Crippen LogP contribution < -0.4 is 19.5 Å². The topological polar surface area (TPSA) is 126 Å². The Morgan fingerprint density at radius 2 is 1.69 bits per heavy atom. The molecule has 10 heteroatoms. The van der Waals surface area contributed by atoms with Gasteiger partial charge in [-0.3, -0.25) is 14.9 Å². The van der Waals surface area contributed by atoms with Gasteiger partial charge >= 0.3 is 11.7 Å². The molecule has 154 valence electrons. The molecule has 0 atom stereocenters. The van der Waals surface area contributed by atoms with Crippen LogP contribution in [0, 0.1) is 10.1 Å². The molecule has 0 aromatic heterocycles. The number of carbonyl (C=O) groups excluding carboxylic acids is 2. The van der Waals surface area contributed by atoms with Gasteiger partial charge in [-0.05, 0) is 29.8 Å². The van der Waals surface area contributed by atoms with E-state index in [1.54, 1.807) is 18.2 Å². The molecule has 0 aliphatic heterocycles. The average Bonchev–Trinajstić information content (AvgIpc) is 2.75. The van der Waals surface area contributed by atoms with Crippen LogP contribution in [-0.2, 0) is 16.1 Å². The van der Waals surface area contributed by atoms with Gasteiger partial charge in [0, 0.05) is 12.6 Å². The summed E-state index contributed by atoms with van der Waals surface area (Å²) in [4.78, 5) is 34.0. The van der Waals surface area contributed by atoms with Crippen LogP contribution in [0.15, 0.2) is 36.4 Å².